The average molecular weight is 260 g/mol. The predicted octanol–water partition coefficient (Wildman–Crippen LogP) is 4.32. The number of hydrogen-bond donors (Lipinski definition) is 0. The summed E-state index contributed by atoms with van der Waals surface area (Å²) in [6.07, 6.45) is 3.81. The van der Waals surface area contributed by atoms with Gasteiger partial charge in [0.15, 0.2) is 0 Å². The molecule has 0 spiro atoms. The molecule has 0 radical (unpaired) electrons. The topological polar surface area (TPSA) is 17.8 Å². The van der Waals surface area contributed by atoms with Gasteiger partial charge in [-0.3, -0.25) is 0 Å². The number of aryl methyl sites for hydroxylation is 2. The van der Waals surface area contributed by atoms with E-state index in [-0.39, 0.29) is 11.2 Å². The second-order valence-electron chi connectivity index (χ2n) is 5.99. The fraction of sp³-hybridized carbons (Fsp3) is 0.438. The van der Waals surface area contributed by atoms with Crippen molar-refractivity contribution < 1.29 is 4.39 Å². The fourth-order valence-electron chi connectivity index (χ4n) is 2.15. The Morgan fingerprint density at radius 2 is 1.95 bits per heavy atom. The van der Waals surface area contributed by atoms with Gasteiger partial charge >= 0.3 is 0 Å². The molecular formula is C16H21FN2. The number of halogens is 1. The van der Waals surface area contributed by atoms with Crippen LogP contribution in [0.4, 0.5) is 4.39 Å². The molecule has 1 aromatic carbocycles. The first-order chi connectivity index (χ1) is 8.82. The normalized spacial score (nSPS) is 11.9. The molecule has 0 amide bonds. The molecule has 2 aromatic rings. The van der Waals surface area contributed by atoms with Gasteiger partial charge in [0.1, 0.15) is 5.82 Å². The van der Waals surface area contributed by atoms with Crippen molar-refractivity contribution in [2.45, 2.75) is 46.6 Å². The Morgan fingerprint density at radius 3 is 2.47 bits per heavy atom. The predicted molar refractivity (Wildman–Crippen MR) is 76.7 cm³/mol. The van der Waals surface area contributed by atoms with Crippen molar-refractivity contribution in [3.63, 3.8) is 0 Å². The first-order valence-corrected chi connectivity index (χ1v) is 6.65. The summed E-state index contributed by atoms with van der Waals surface area (Å²) >= 11 is 0. The zero-order valence-corrected chi connectivity index (χ0v) is 12.3. The highest BCUT2D eigenvalue weighted by Gasteiger charge is 2.21. The molecule has 0 saturated heterocycles. The summed E-state index contributed by atoms with van der Waals surface area (Å²) in [5.41, 5.74) is 3.09. The summed E-state index contributed by atoms with van der Waals surface area (Å²) in [6.45, 7) is 10.9. The number of benzene rings is 1. The van der Waals surface area contributed by atoms with Crippen LogP contribution in [0.1, 0.15) is 38.8 Å². The highest BCUT2D eigenvalue weighted by atomic mass is 19.1. The first-order valence-electron chi connectivity index (χ1n) is 6.65. The molecule has 0 unspecified atom stereocenters. The number of hydrogen-bond acceptors (Lipinski definition) is 1. The van der Waals surface area contributed by atoms with E-state index in [1.807, 2.05) is 56.9 Å². The monoisotopic (exact) mass is 260 g/mol. The first kappa shape index (κ1) is 13.8. The maximum atomic E-state index is 14.2. The average Bonchev–Trinajstić information content (AvgIpc) is 2.79. The molecule has 0 atom stereocenters. The lowest BCUT2D eigenvalue weighted by Gasteiger charge is -2.21. The largest absolute Gasteiger partial charge is 0.337 e. The Morgan fingerprint density at radius 1 is 1.26 bits per heavy atom. The molecule has 0 fully saturated rings. The van der Waals surface area contributed by atoms with Gasteiger partial charge in [0, 0.05) is 18.3 Å². The second-order valence-corrected chi connectivity index (χ2v) is 5.99. The van der Waals surface area contributed by atoms with Crippen molar-refractivity contribution in [1.82, 2.24) is 9.55 Å². The maximum Gasteiger partial charge on any atom is 0.129 e. The minimum absolute atomic E-state index is 0.105. The summed E-state index contributed by atoms with van der Waals surface area (Å²) in [4.78, 5) is 4.39. The molecule has 2 nitrogen and oxygen atoms in total. The maximum absolute atomic E-state index is 14.2. The zero-order chi connectivity index (χ0) is 14.2. The molecule has 3 heteroatoms. The van der Waals surface area contributed by atoms with Crippen LogP contribution in [0.15, 0.2) is 24.7 Å². The van der Waals surface area contributed by atoms with Crippen molar-refractivity contribution in [2.24, 2.45) is 0 Å². The third-order valence-electron chi connectivity index (χ3n) is 3.36. The van der Waals surface area contributed by atoms with Crippen LogP contribution in [0.2, 0.25) is 0 Å². The van der Waals surface area contributed by atoms with E-state index in [1.54, 1.807) is 0 Å². The van der Waals surface area contributed by atoms with E-state index in [1.165, 1.54) is 0 Å². The van der Waals surface area contributed by atoms with Crippen LogP contribution < -0.4 is 0 Å². The lowest BCUT2D eigenvalue weighted by atomic mass is 9.84. The SMILES string of the molecule is CCn1cnc(-c2cc(C)c(F)c(C(C)(C)C)c2)c1. The van der Waals surface area contributed by atoms with Gasteiger partial charge in [-0.15, -0.1) is 0 Å². The standard InChI is InChI=1S/C16H21FN2/c1-6-19-9-14(18-10-19)12-7-11(2)15(17)13(8-12)16(3,4)5/h7-10H,6H2,1-5H3. The smallest absolute Gasteiger partial charge is 0.129 e. The Labute approximate surface area is 114 Å². The van der Waals surface area contributed by atoms with Crippen LogP contribution >= 0.6 is 0 Å². The Hall–Kier alpha value is -1.64. The van der Waals surface area contributed by atoms with Crippen LogP contribution in [0.25, 0.3) is 11.3 Å². The van der Waals surface area contributed by atoms with Crippen LogP contribution in [-0.2, 0) is 12.0 Å². The Balaban J connectivity index is 2.56. The van der Waals surface area contributed by atoms with E-state index in [0.717, 1.165) is 23.4 Å². The van der Waals surface area contributed by atoms with Gasteiger partial charge in [0.25, 0.3) is 0 Å². The van der Waals surface area contributed by atoms with E-state index >= 15 is 0 Å². The van der Waals surface area contributed by atoms with Gasteiger partial charge in [-0.2, -0.15) is 0 Å². The van der Waals surface area contributed by atoms with E-state index in [9.17, 15) is 4.39 Å². The van der Waals surface area contributed by atoms with Crippen molar-refractivity contribution in [3.05, 3.63) is 41.6 Å². The molecule has 102 valence electrons. The van der Waals surface area contributed by atoms with Crippen LogP contribution in [-0.4, -0.2) is 9.55 Å². The van der Waals surface area contributed by atoms with E-state index in [2.05, 4.69) is 11.9 Å². The fourth-order valence-corrected chi connectivity index (χ4v) is 2.15. The summed E-state index contributed by atoms with van der Waals surface area (Å²) in [5, 5.41) is 0. The van der Waals surface area contributed by atoms with E-state index < -0.39 is 0 Å². The molecule has 0 saturated carbocycles. The van der Waals surface area contributed by atoms with Crippen LogP contribution in [0.5, 0.6) is 0 Å². The summed E-state index contributed by atoms with van der Waals surface area (Å²) in [7, 11) is 0. The molecule has 0 bridgehead atoms. The lowest BCUT2D eigenvalue weighted by molar-refractivity contribution is 0.519. The number of nitrogens with zero attached hydrogens (tertiary/aromatic N) is 2. The van der Waals surface area contributed by atoms with Crippen LogP contribution in [0, 0.1) is 12.7 Å². The van der Waals surface area contributed by atoms with E-state index in [0.29, 0.717) is 5.56 Å². The van der Waals surface area contributed by atoms with Gasteiger partial charge in [-0.1, -0.05) is 20.8 Å². The highest BCUT2D eigenvalue weighted by Crippen LogP contribution is 2.31. The minimum Gasteiger partial charge on any atom is -0.337 e. The number of rotatable bonds is 2. The Kier molecular flexibility index (Phi) is 3.48. The third kappa shape index (κ3) is 2.70. The molecule has 1 aromatic heterocycles. The number of imidazole rings is 1. The number of aromatic nitrogens is 2. The molecule has 0 N–H and O–H groups in total. The quantitative estimate of drug-likeness (QED) is 0.786. The lowest BCUT2D eigenvalue weighted by Crippen LogP contribution is -2.14. The van der Waals surface area contributed by atoms with Gasteiger partial charge in [0.05, 0.1) is 12.0 Å². The van der Waals surface area contributed by atoms with Gasteiger partial charge in [-0.05, 0) is 42.5 Å². The van der Waals surface area contributed by atoms with Crippen molar-refractivity contribution in [3.8, 4) is 11.3 Å². The molecule has 2 rings (SSSR count). The molecule has 19 heavy (non-hydrogen) atoms. The van der Waals surface area contributed by atoms with Gasteiger partial charge in [-0.25, -0.2) is 9.37 Å². The third-order valence-corrected chi connectivity index (χ3v) is 3.36. The second kappa shape index (κ2) is 4.80. The van der Waals surface area contributed by atoms with Crippen molar-refractivity contribution in [2.75, 3.05) is 0 Å². The molecule has 1 heterocycles. The zero-order valence-electron chi connectivity index (χ0n) is 12.3. The molecular weight excluding hydrogens is 239 g/mol. The Bertz CT molecular complexity index is 591. The summed E-state index contributed by atoms with van der Waals surface area (Å²) < 4.78 is 16.3. The van der Waals surface area contributed by atoms with E-state index in [4.69, 9.17) is 0 Å². The van der Waals surface area contributed by atoms with Crippen LogP contribution in [0.3, 0.4) is 0 Å². The molecule has 0 aliphatic heterocycles. The van der Waals surface area contributed by atoms with Gasteiger partial charge < -0.3 is 4.57 Å². The minimum atomic E-state index is -0.210. The summed E-state index contributed by atoms with van der Waals surface area (Å²) in [6, 6.07) is 3.79. The van der Waals surface area contributed by atoms with Gasteiger partial charge in [0.2, 0.25) is 0 Å². The molecule has 0 aliphatic carbocycles. The highest BCUT2D eigenvalue weighted by molar-refractivity contribution is 5.61. The van der Waals surface area contributed by atoms with Crippen molar-refractivity contribution >= 4 is 0 Å². The summed E-state index contributed by atoms with van der Waals surface area (Å²) in [5.74, 6) is -0.105. The molecule has 0 aliphatic rings. The van der Waals surface area contributed by atoms with Crippen molar-refractivity contribution in [1.29, 1.82) is 0 Å².